The van der Waals surface area contributed by atoms with Crippen molar-refractivity contribution in [3.63, 3.8) is 0 Å². The van der Waals surface area contributed by atoms with E-state index in [1.54, 1.807) is 48.7 Å². The van der Waals surface area contributed by atoms with Crippen molar-refractivity contribution in [1.82, 2.24) is 4.98 Å². The van der Waals surface area contributed by atoms with Crippen molar-refractivity contribution in [2.45, 2.75) is 0 Å². The molecule has 126 valence electrons. The molecule has 0 N–H and O–H groups in total. The smallest absolute Gasteiger partial charge is 0.153 e. The van der Waals surface area contributed by atoms with Crippen LogP contribution in [0.4, 0.5) is 4.39 Å². The number of rotatable bonds is 4. The van der Waals surface area contributed by atoms with Gasteiger partial charge in [0.2, 0.25) is 0 Å². The lowest BCUT2D eigenvalue weighted by Gasteiger charge is -1.98. The number of nitriles is 1. The van der Waals surface area contributed by atoms with Gasteiger partial charge < -0.3 is 8.83 Å². The number of halogens is 1. The van der Waals surface area contributed by atoms with Crippen molar-refractivity contribution in [2.24, 2.45) is 0 Å². The van der Waals surface area contributed by atoms with Crippen LogP contribution in [0.1, 0.15) is 10.8 Å². The molecule has 4 nitrogen and oxygen atoms in total. The van der Waals surface area contributed by atoms with Crippen LogP contribution in [0.25, 0.3) is 34.4 Å². The predicted octanol–water partition coefficient (Wildman–Crippen LogP) is 5.87. The second kappa shape index (κ2) is 6.82. The van der Waals surface area contributed by atoms with E-state index in [0.717, 1.165) is 0 Å². The summed E-state index contributed by atoms with van der Waals surface area (Å²) < 4.78 is 24.9. The number of aromatic nitrogens is 1. The maximum atomic E-state index is 13.9. The third-order valence-electron chi connectivity index (χ3n) is 3.68. The molecule has 0 aliphatic rings. The highest BCUT2D eigenvalue weighted by atomic mass is 32.1. The molecule has 0 aliphatic carbocycles. The van der Waals surface area contributed by atoms with Crippen LogP contribution in [0.5, 0.6) is 0 Å². The van der Waals surface area contributed by atoms with E-state index in [2.05, 4.69) is 11.1 Å². The standard InChI is InChI=1S/C20H11FN2O2S/c21-16-5-2-1-4-15(16)18-8-7-14(25-18)10-13(11-22)20-23-17(12-26-20)19-6-3-9-24-19/h1-10,12H/b13-10+. The number of nitrogens with zero attached hydrogens (tertiary/aromatic N) is 2. The first kappa shape index (κ1) is 16.1. The van der Waals surface area contributed by atoms with Crippen molar-refractivity contribution in [1.29, 1.82) is 5.26 Å². The minimum atomic E-state index is -0.360. The first-order chi connectivity index (χ1) is 12.7. The predicted molar refractivity (Wildman–Crippen MR) is 97.4 cm³/mol. The summed E-state index contributed by atoms with van der Waals surface area (Å²) in [5.74, 6) is 1.14. The Labute approximate surface area is 152 Å². The van der Waals surface area contributed by atoms with Crippen LogP contribution in [-0.2, 0) is 0 Å². The first-order valence-electron chi connectivity index (χ1n) is 7.71. The van der Waals surface area contributed by atoms with Gasteiger partial charge in [0.1, 0.15) is 34.1 Å². The van der Waals surface area contributed by atoms with Gasteiger partial charge in [0.15, 0.2) is 5.76 Å². The summed E-state index contributed by atoms with van der Waals surface area (Å²) in [6, 6.07) is 15.5. The second-order valence-corrected chi connectivity index (χ2v) is 6.22. The van der Waals surface area contributed by atoms with Crippen LogP contribution in [-0.4, -0.2) is 4.98 Å². The topological polar surface area (TPSA) is 63.0 Å². The van der Waals surface area contributed by atoms with E-state index in [4.69, 9.17) is 8.83 Å². The molecule has 1 aromatic carbocycles. The monoisotopic (exact) mass is 362 g/mol. The molecule has 0 radical (unpaired) electrons. The highest BCUT2D eigenvalue weighted by Crippen LogP contribution is 2.29. The molecule has 3 heterocycles. The Morgan fingerprint density at radius 2 is 2.00 bits per heavy atom. The maximum Gasteiger partial charge on any atom is 0.153 e. The van der Waals surface area contributed by atoms with Gasteiger partial charge in [0.05, 0.1) is 17.4 Å². The second-order valence-electron chi connectivity index (χ2n) is 5.37. The summed E-state index contributed by atoms with van der Waals surface area (Å²) in [4.78, 5) is 4.43. The average Bonchev–Trinajstić information content (AvgIpc) is 3.40. The number of hydrogen-bond acceptors (Lipinski definition) is 5. The Bertz CT molecular complexity index is 1120. The van der Waals surface area contributed by atoms with Gasteiger partial charge in [0.25, 0.3) is 0 Å². The zero-order valence-electron chi connectivity index (χ0n) is 13.3. The molecule has 0 spiro atoms. The Kier molecular flexibility index (Phi) is 4.22. The molecule has 4 aromatic rings. The summed E-state index contributed by atoms with van der Waals surface area (Å²) in [6.45, 7) is 0. The van der Waals surface area contributed by atoms with E-state index in [1.165, 1.54) is 17.4 Å². The van der Waals surface area contributed by atoms with E-state index in [-0.39, 0.29) is 5.82 Å². The molecule has 0 saturated heterocycles. The van der Waals surface area contributed by atoms with Crippen molar-refractivity contribution in [3.8, 4) is 28.8 Å². The van der Waals surface area contributed by atoms with E-state index < -0.39 is 0 Å². The summed E-state index contributed by atoms with van der Waals surface area (Å²) in [5.41, 5.74) is 1.41. The molecule has 0 aliphatic heterocycles. The molecule has 3 aromatic heterocycles. The Balaban J connectivity index is 1.65. The van der Waals surface area contributed by atoms with Gasteiger partial charge in [0, 0.05) is 11.5 Å². The Morgan fingerprint density at radius 1 is 1.12 bits per heavy atom. The number of thiazole rings is 1. The first-order valence-corrected chi connectivity index (χ1v) is 8.59. The van der Waals surface area contributed by atoms with Crippen molar-refractivity contribution >= 4 is 23.0 Å². The number of hydrogen-bond donors (Lipinski definition) is 0. The quantitative estimate of drug-likeness (QED) is 0.426. The van der Waals surface area contributed by atoms with Crippen LogP contribution in [0.15, 0.2) is 69.0 Å². The molecule has 26 heavy (non-hydrogen) atoms. The Morgan fingerprint density at radius 3 is 2.77 bits per heavy atom. The van der Waals surface area contributed by atoms with Crippen LogP contribution < -0.4 is 0 Å². The fraction of sp³-hybridized carbons (Fsp3) is 0. The van der Waals surface area contributed by atoms with Gasteiger partial charge >= 0.3 is 0 Å². The molecule has 6 heteroatoms. The third-order valence-corrected chi connectivity index (χ3v) is 4.56. The largest absolute Gasteiger partial charge is 0.463 e. The van der Waals surface area contributed by atoms with E-state index >= 15 is 0 Å². The molecular weight excluding hydrogens is 351 g/mol. The highest BCUT2D eigenvalue weighted by Gasteiger charge is 2.13. The third kappa shape index (κ3) is 3.08. The minimum absolute atomic E-state index is 0.360. The molecular formula is C20H11FN2O2S. The van der Waals surface area contributed by atoms with Crippen LogP contribution >= 0.6 is 11.3 Å². The summed E-state index contributed by atoms with van der Waals surface area (Å²) in [7, 11) is 0. The lowest BCUT2D eigenvalue weighted by Crippen LogP contribution is -1.81. The molecule has 4 rings (SSSR count). The van der Waals surface area contributed by atoms with Crippen molar-refractivity contribution in [3.05, 3.63) is 76.8 Å². The summed E-state index contributed by atoms with van der Waals surface area (Å²) in [5, 5.41) is 11.9. The highest BCUT2D eigenvalue weighted by molar-refractivity contribution is 7.11. The van der Waals surface area contributed by atoms with E-state index in [1.807, 2.05) is 11.4 Å². The number of furan rings is 2. The van der Waals surface area contributed by atoms with Crippen LogP contribution in [0.3, 0.4) is 0 Å². The minimum Gasteiger partial charge on any atom is -0.463 e. The molecule has 0 unspecified atom stereocenters. The van der Waals surface area contributed by atoms with Gasteiger partial charge in [-0.15, -0.1) is 11.3 Å². The molecule has 0 atom stereocenters. The molecule has 0 amide bonds. The molecule has 0 bridgehead atoms. The van der Waals surface area contributed by atoms with Crippen molar-refractivity contribution in [2.75, 3.05) is 0 Å². The van der Waals surface area contributed by atoms with E-state index in [9.17, 15) is 9.65 Å². The van der Waals surface area contributed by atoms with E-state index in [0.29, 0.717) is 39.1 Å². The van der Waals surface area contributed by atoms with Gasteiger partial charge in [-0.05, 0) is 36.4 Å². The number of benzene rings is 1. The van der Waals surface area contributed by atoms with Crippen molar-refractivity contribution < 1.29 is 13.2 Å². The zero-order valence-corrected chi connectivity index (χ0v) is 14.2. The molecule has 0 saturated carbocycles. The SMILES string of the molecule is N#C/C(=C\c1ccc(-c2ccccc2F)o1)c1nc(-c2ccco2)cs1. The van der Waals surface area contributed by atoms with Gasteiger partial charge in [-0.2, -0.15) is 5.26 Å². The fourth-order valence-corrected chi connectivity index (χ4v) is 3.23. The summed E-state index contributed by atoms with van der Waals surface area (Å²) >= 11 is 1.34. The summed E-state index contributed by atoms with van der Waals surface area (Å²) in [6.07, 6.45) is 3.16. The zero-order chi connectivity index (χ0) is 17.9. The van der Waals surface area contributed by atoms with Crippen LogP contribution in [0, 0.1) is 17.1 Å². The Hall–Kier alpha value is -3.43. The molecule has 0 fully saturated rings. The fourth-order valence-electron chi connectivity index (χ4n) is 2.46. The van der Waals surface area contributed by atoms with Gasteiger partial charge in [-0.1, -0.05) is 12.1 Å². The van der Waals surface area contributed by atoms with Crippen LogP contribution in [0.2, 0.25) is 0 Å². The lowest BCUT2D eigenvalue weighted by molar-refractivity contribution is 0.561. The van der Waals surface area contributed by atoms with Gasteiger partial charge in [-0.25, -0.2) is 9.37 Å². The van der Waals surface area contributed by atoms with Gasteiger partial charge in [-0.3, -0.25) is 0 Å². The average molecular weight is 362 g/mol. The lowest BCUT2D eigenvalue weighted by atomic mass is 10.1. The normalized spacial score (nSPS) is 11.5. The number of allylic oxidation sites excluding steroid dienone is 1. The maximum absolute atomic E-state index is 13.9.